The number of nitrogens with one attached hydrogen (secondary N) is 1. The van der Waals surface area contributed by atoms with Gasteiger partial charge in [-0.1, -0.05) is 12.1 Å². The number of pyridine rings is 1. The number of phenolic OH excluding ortho intramolecular Hbond substituents is 1. The lowest BCUT2D eigenvalue weighted by atomic mass is 10.1. The molecule has 0 bridgehead atoms. The Labute approximate surface area is 173 Å². The molecule has 3 aromatic rings. The van der Waals surface area contributed by atoms with Gasteiger partial charge >= 0.3 is 5.97 Å². The van der Waals surface area contributed by atoms with Crippen molar-refractivity contribution in [2.45, 2.75) is 19.8 Å². The third kappa shape index (κ3) is 4.60. The number of aromatic nitrogens is 1. The molecular formula is C22H23N3O5. The Hall–Kier alpha value is -3.81. The van der Waals surface area contributed by atoms with E-state index in [1.807, 2.05) is 0 Å². The fourth-order valence-corrected chi connectivity index (χ4v) is 3.19. The summed E-state index contributed by atoms with van der Waals surface area (Å²) < 4.78 is 5.82. The largest absolute Gasteiger partial charge is 0.508 e. The van der Waals surface area contributed by atoms with Crippen molar-refractivity contribution >= 4 is 28.5 Å². The molecule has 0 atom stereocenters. The minimum atomic E-state index is -1.13. The predicted molar refractivity (Wildman–Crippen MR) is 113 cm³/mol. The topological polar surface area (TPSA) is 135 Å². The van der Waals surface area contributed by atoms with Gasteiger partial charge in [-0.3, -0.25) is 9.78 Å². The molecule has 0 radical (unpaired) electrons. The van der Waals surface area contributed by atoms with Gasteiger partial charge < -0.3 is 26.0 Å². The molecule has 0 spiro atoms. The number of nitrogens with zero attached hydrogens (tertiary/aromatic N) is 1. The number of carboxylic acid groups (broad SMARTS) is 1. The van der Waals surface area contributed by atoms with E-state index in [1.165, 1.54) is 12.1 Å². The zero-order valence-corrected chi connectivity index (χ0v) is 16.5. The molecule has 0 saturated heterocycles. The predicted octanol–water partition coefficient (Wildman–Crippen LogP) is 3.12. The Morgan fingerprint density at radius 1 is 1.17 bits per heavy atom. The maximum Gasteiger partial charge on any atom is 0.339 e. The SMILES string of the molecule is Cc1nc2cccc(OCCCCNC(=O)c3cccc(O)c3)c2c(N)c1C(=O)O. The van der Waals surface area contributed by atoms with E-state index in [9.17, 15) is 19.8 Å². The molecule has 8 nitrogen and oxygen atoms in total. The Bertz CT molecular complexity index is 1100. The summed E-state index contributed by atoms with van der Waals surface area (Å²) in [6.45, 7) is 2.44. The van der Waals surface area contributed by atoms with Crippen LogP contribution in [0.1, 0.15) is 39.3 Å². The number of carboxylic acids is 1. The van der Waals surface area contributed by atoms with Crippen LogP contribution in [0.4, 0.5) is 5.69 Å². The zero-order chi connectivity index (χ0) is 21.7. The van der Waals surface area contributed by atoms with Gasteiger partial charge in [-0.05, 0) is 50.1 Å². The Kier molecular flexibility index (Phi) is 6.36. The number of aryl methyl sites for hydroxylation is 1. The summed E-state index contributed by atoms with van der Waals surface area (Å²) >= 11 is 0. The van der Waals surface area contributed by atoms with Crippen molar-refractivity contribution < 1.29 is 24.5 Å². The summed E-state index contributed by atoms with van der Waals surface area (Å²) in [5, 5.41) is 22.1. The highest BCUT2D eigenvalue weighted by molar-refractivity contribution is 6.06. The number of nitrogens with two attached hydrogens (primary N) is 1. The van der Waals surface area contributed by atoms with E-state index < -0.39 is 5.97 Å². The van der Waals surface area contributed by atoms with Gasteiger partial charge in [0, 0.05) is 12.1 Å². The third-order valence-corrected chi connectivity index (χ3v) is 4.63. The first-order valence-corrected chi connectivity index (χ1v) is 9.50. The van der Waals surface area contributed by atoms with Crippen LogP contribution in [-0.2, 0) is 0 Å². The Morgan fingerprint density at radius 3 is 2.67 bits per heavy atom. The first-order chi connectivity index (χ1) is 14.4. The van der Waals surface area contributed by atoms with Crippen molar-refractivity contribution in [1.82, 2.24) is 10.3 Å². The average molecular weight is 409 g/mol. The maximum atomic E-state index is 12.0. The molecule has 5 N–H and O–H groups in total. The summed E-state index contributed by atoms with van der Waals surface area (Å²) in [4.78, 5) is 27.8. The maximum absolute atomic E-state index is 12.0. The molecule has 30 heavy (non-hydrogen) atoms. The van der Waals surface area contributed by atoms with Crippen molar-refractivity contribution in [2.75, 3.05) is 18.9 Å². The van der Waals surface area contributed by atoms with Gasteiger partial charge in [0.15, 0.2) is 0 Å². The second kappa shape index (κ2) is 9.13. The molecule has 3 rings (SSSR count). The summed E-state index contributed by atoms with van der Waals surface area (Å²) in [5.41, 5.74) is 7.55. The van der Waals surface area contributed by atoms with Crippen molar-refractivity contribution in [3.8, 4) is 11.5 Å². The molecule has 156 valence electrons. The second-order valence-corrected chi connectivity index (χ2v) is 6.80. The Morgan fingerprint density at radius 2 is 1.93 bits per heavy atom. The highest BCUT2D eigenvalue weighted by Gasteiger charge is 2.18. The first kappa shape index (κ1) is 20.9. The number of phenols is 1. The number of carbonyl (C=O) groups excluding carboxylic acids is 1. The molecule has 0 unspecified atom stereocenters. The van der Waals surface area contributed by atoms with Crippen LogP contribution in [0.3, 0.4) is 0 Å². The number of carbonyl (C=O) groups is 2. The van der Waals surface area contributed by atoms with Crippen LogP contribution in [0.25, 0.3) is 10.9 Å². The molecular weight excluding hydrogens is 386 g/mol. The number of hydrogen-bond donors (Lipinski definition) is 4. The van der Waals surface area contributed by atoms with Crippen molar-refractivity contribution in [3.63, 3.8) is 0 Å². The van der Waals surface area contributed by atoms with E-state index >= 15 is 0 Å². The van der Waals surface area contributed by atoms with Gasteiger partial charge in [0.1, 0.15) is 17.1 Å². The van der Waals surface area contributed by atoms with Gasteiger partial charge in [-0.15, -0.1) is 0 Å². The highest BCUT2D eigenvalue weighted by Crippen LogP contribution is 2.33. The summed E-state index contributed by atoms with van der Waals surface area (Å²) in [6.07, 6.45) is 1.35. The van der Waals surface area contributed by atoms with Gasteiger partial charge in [0.25, 0.3) is 5.91 Å². The highest BCUT2D eigenvalue weighted by atomic mass is 16.5. The molecule has 1 amide bonds. The van der Waals surface area contributed by atoms with E-state index in [2.05, 4.69) is 10.3 Å². The molecule has 8 heteroatoms. The minimum Gasteiger partial charge on any atom is -0.508 e. The zero-order valence-electron chi connectivity index (χ0n) is 16.5. The molecule has 0 saturated carbocycles. The lowest BCUT2D eigenvalue weighted by Crippen LogP contribution is -2.24. The van der Waals surface area contributed by atoms with Crippen LogP contribution in [0.15, 0.2) is 42.5 Å². The van der Waals surface area contributed by atoms with Crippen molar-refractivity contribution in [2.24, 2.45) is 0 Å². The second-order valence-electron chi connectivity index (χ2n) is 6.80. The third-order valence-electron chi connectivity index (χ3n) is 4.63. The lowest BCUT2D eigenvalue weighted by molar-refractivity contribution is 0.0696. The smallest absolute Gasteiger partial charge is 0.339 e. The number of unbranched alkanes of at least 4 members (excludes halogenated alkanes) is 1. The number of aromatic hydroxyl groups is 1. The van der Waals surface area contributed by atoms with Crippen molar-refractivity contribution in [3.05, 3.63) is 59.3 Å². The van der Waals surface area contributed by atoms with Crippen LogP contribution in [0.5, 0.6) is 11.5 Å². The van der Waals surface area contributed by atoms with Crippen LogP contribution < -0.4 is 15.8 Å². The Balaban J connectivity index is 1.57. The molecule has 0 aliphatic carbocycles. The number of ether oxygens (including phenoxy) is 1. The van der Waals surface area contributed by atoms with E-state index in [0.717, 1.165) is 0 Å². The van der Waals surface area contributed by atoms with Gasteiger partial charge in [-0.2, -0.15) is 0 Å². The fourth-order valence-electron chi connectivity index (χ4n) is 3.19. The van der Waals surface area contributed by atoms with Gasteiger partial charge in [-0.25, -0.2) is 4.79 Å². The van der Waals surface area contributed by atoms with Crippen LogP contribution in [0.2, 0.25) is 0 Å². The molecule has 0 aliphatic heterocycles. The summed E-state index contributed by atoms with van der Waals surface area (Å²) in [5.74, 6) is -0.863. The lowest BCUT2D eigenvalue weighted by Gasteiger charge is -2.13. The molecule has 0 fully saturated rings. The summed E-state index contributed by atoms with van der Waals surface area (Å²) in [6, 6.07) is 11.4. The number of rotatable bonds is 8. The number of anilines is 1. The number of hydrogen-bond acceptors (Lipinski definition) is 6. The number of nitrogen functional groups attached to an aromatic ring is 1. The molecule has 2 aromatic carbocycles. The monoisotopic (exact) mass is 409 g/mol. The molecule has 0 aliphatic rings. The summed E-state index contributed by atoms with van der Waals surface area (Å²) in [7, 11) is 0. The van der Waals surface area contributed by atoms with E-state index in [4.69, 9.17) is 10.5 Å². The first-order valence-electron chi connectivity index (χ1n) is 9.50. The van der Waals surface area contributed by atoms with Crippen LogP contribution >= 0.6 is 0 Å². The van der Waals surface area contributed by atoms with E-state index in [0.29, 0.717) is 53.9 Å². The molecule has 1 aromatic heterocycles. The standard InChI is InChI=1S/C22H23N3O5/c1-13-18(22(28)29)20(23)19-16(25-13)8-5-9-17(19)30-11-3-2-10-24-21(27)14-6-4-7-15(26)12-14/h4-9,12,26H,2-3,10-11H2,1H3,(H2,23,25)(H,24,27)(H,28,29). The number of benzene rings is 2. The van der Waals surface area contributed by atoms with Gasteiger partial charge in [0.2, 0.25) is 0 Å². The minimum absolute atomic E-state index is 0.0202. The normalized spacial score (nSPS) is 10.7. The van der Waals surface area contributed by atoms with Crippen LogP contribution in [0, 0.1) is 6.92 Å². The average Bonchev–Trinajstić information content (AvgIpc) is 2.69. The number of aromatic carboxylic acids is 1. The number of fused-ring (bicyclic) bond motifs is 1. The van der Waals surface area contributed by atoms with Crippen LogP contribution in [-0.4, -0.2) is 40.2 Å². The van der Waals surface area contributed by atoms with E-state index in [1.54, 1.807) is 37.3 Å². The van der Waals surface area contributed by atoms with Gasteiger partial charge in [0.05, 0.1) is 28.9 Å². The van der Waals surface area contributed by atoms with Crippen molar-refractivity contribution in [1.29, 1.82) is 0 Å². The van der Waals surface area contributed by atoms with E-state index in [-0.39, 0.29) is 22.9 Å². The fraction of sp³-hybridized carbons (Fsp3) is 0.227. The number of amides is 1. The quantitative estimate of drug-likeness (QED) is 0.420. The molecule has 1 heterocycles.